The number of hydrogen-bond donors (Lipinski definition) is 1. The average Bonchev–Trinajstić information content (AvgIpc) is 2.90. The summed E-state index contributed by atoms with van der Waals surface area (Å²) in [4.78, 5) is 12.8. The van der Waals surface area contributed by atoms with E-state index in [1.807, 2.05) is 68.8 Å². The van der Waals surface area contributed by atoms with Gasteiger partial charge in [0.05, 0.1) is 14.2 Å². The van der Waals surface area contributed by atoms with Gasteiger partial charge >= 0.3 is 0 Å². The number of carbonyl (C=O) groups excluding carboxylic acids is 1. The third-order valence-electron chi connectivity index (χ3n) is 5.50. The molecule has 1 aliphatic heterocycles. The molecule has 0 aromatic heterocycles. The van der Waals surface area contributed by atoms with Crippen LogP contribution in [0.4, 0.5) is 0 Å². The number of nitrogens with zero attached hydrogens (tertiary/aromatic N) is 1. The number of para-hydroxylation sites is 1. The molecule has 3 rings (SSSR count). The van der Waals surface area contributed by atoms with E-state index in [4.69, 9.17) is 14.0 Å². The van der Waals surface area contributed by atoms with Gasteiger partial charge in [-0.1, -0.05) is 52.0 Å². The number of hydrogen-bond acceptors (Lipinski definition) is 5. The topological polar surface area (TPSA) is 77.1 Å². The van der Waals surface area contributed by atoms with Gasteiger partial charge in [0.15, 0.2) is 11.5 Å². The first-order valence-corrected chi connectivity index (χ1v) is 13.9. The quantitative estimate of drug-likeness (QED) is 0.472. The lowest BCUT2D eigenvalue weighted by Gasteiger charge is -2.34. The van der Waals surface area contributed by atoms with Crippen molar-refractivity contribution in [1.29, 1.82) is 0 Å². The minimum Gasteiger partial charge on any atom is -0.493 e. The molecule has 0 aliphatic carbocycles. The van der Waals surface area contributed by atoms with Crippen molar-refractivity contribution < 1.29 is 23.4 Å². The molecule has 190 valence electrons. The Labute approximate surface area is 205 Å². The molecule has 0 radical (unpaired) electrons. The molecule has 34 heavy (non-hydrogen) atoms. The summed E-state index contributed by atoms with van der Waals surface area (Å²) in [6.45, 7) is 10.9. The van der Waals surface area contributed by atoms with Crippen LogP contribution in [-0.2, 0) is 9.09 Å². The molecule has 2 aromatic rings. The maximum absolute atomic E-state index is 12.8. The highest BCUT2D eigenvalue weighted by Crippen LogP contribution is 2.47. The highest BCUT2D eigenvalue weighted by atomic mass is 31.2. The van der Waals surface area contributed by atoms with Gasteiger partial charge in [0, 0.05) is 44.0 Å². The first kappa shape index (κ1) is 29.7. The van der Waals surface area contributed by atoms with Crippen LogP contribution in [0.25, 0.3) is 11.1 Å². The Balaban J connectivity index is 0.00000137. The van der Waals surface area contributed by atoms with Gasteiger partial charge in [-0.15, -0.1) is 0 Å². The Morgan fingerprint density at radius 2 is 1.59 bits per heavy atom. The van der Waals surface area contributed by atoms with E-state index < -0.39 is 7.52 Å². The van der Waals surface area contributed by atoms with E-state index in [1.54, 1.807) is 27.0 Å². The summed E-state index contributed by atoms with van der Waals surface area (Å²) in [6, 6.07) is 13.2. The molecule has 0 saturated carbocycles. The minimum atomic E-state index is -2.72. The lowest BCUT2D eigenvalue weighted by Crippen LogP contribution is -2.43. The number of ether oxygens (including phenoxy) is 2. The molecule has 1 atom stereocenters. The van der Waals surface area contributed by atoms with E-state index in [9.17, 15) is 9.36 Å². The van der Waals surface area contributed by atoms with Crippen LogP contribution in [0.5, 0.6) is 11.5 Å². The molecule has 7 nitrogen and oxygen atoms in total. The fourth-order valence-corrected chi connectivity index (χ4v) is 4.89. The molecule has 1 saturated heterocycles. The van der Waals surface area contributed by atoms with Gasteiger partial charge in [0.1, 0.15) is 0 Å². The second-order valence-electron chi connectivity index (χ2n) is 7.31. The van der Waals surface area contributed by atoms with Gasteiger partial charge in [0.2, 0.25) is 0 Å². The Bertz CT molecular complexity index is 943. The summed E-state index contributed by atoms with van der Waals surface area (Å²) >= 11 is 0. The Morgan fingerprint density at radius 1 is 0.971 bits per heavy atom. The summed E-state index contributed by atoms with van der Waals surface area (Å²) < 4.78 is 30.3. The summed E-state index contributed by atoms with van der Waals surface area (Å²) in [5, 5.41) is 3.10. The second kappa shape index (κ2) is 14.8. The SMILES string of the molecule is CC.CC.COc1cccc(-c2cccc(C(=O)NC3CCN(P(C)(=O)OC)CC3)c2)c1OC. The van der Waals surface area contributed by atoms with Gasteiger partial charge in [-0.25, -0.2) is 4.67 Å². The third kappa shape index (κ3) is 7.59. The number of benzene rings is 2. The largest absolute Gasteiger partial charge is 0.493 e. The lowest BCUT2D eigenvalue weighted by atomic mass is 10.0. The third-order valence-corrected chi connectivity index (χ3v) is 7.60. The summed E-state index contributed by atoms with van der Waals surface area (Å²) in [5.41, 5.74) is 2.32. The number of piperidine rings is 1. The van der Waals surface area contributed by atoms with Crippen molar-refractivity contribution in [3.8, 4) is 22.6 Å². The highest BCUT2D eigenvalue weighted by molar-refractivity contribution is 7.55. The monoisotopic (exact) mass is 492 g/mol. The predicted molar refractivity (Wildman–Crippen MR) is 140 cm³/mol. The van der Waals surface area contributed by atoms with Crippen molar-refractivity contribution in [1.82, 2.24) is 9.99 Å². The van der Waals surface area contributed by atoms with E-state index in [0.717, 1.165) is 24.0 Å². The molecule has 2 aromatic carbocycles. The Kier molecular flexibility index (Phi) is 12.9. The molecule has 8 heteroatoms. The Hall–Kier alpha value is -2.34. The maximum Gasteiger partial charge on any atom is 0.269 e. The predicted octanol–water partition coefficient (Wildman–Crippen LogP) is 6.09. The normalized spacial score (nSPS) is 15.5. The Morgan fingerprint density at radius 3 is 2.15 bits per heavy atom. The number of nitrogens with one attached hydrogen (secondary N) is 1. The van der Waals surface area contributed by atoms with Crippen molar-refractivity contribution in [3.05, 3.63) is 48.0 Å². The summed E-state index contributed by atoms with van der Waals surface area (Å²) in [7, 11) is 1.95. The zero-order chi connectivity index (χ0) is 25.7. The number of carbonyl (C=O) groups is 1. The van der Waals surface area contributed by atoms with Crippen molar-refractivity contribution in [2.24, 2.45) is 0 Å². The first-order valence-electron chi connectivity index (χ1n) is 11.9. The van der Waals surface area contributed by atoms with Gasteiger partial charge in [-0.05, 0) is 36.6 Å². The van der Waals surface area contributed by atoms with Crippen molar-refractivity contribution >= 4 is 13.4 Å². The molecule has 1 N–H and O–H groups in total. The van der Waals surface area contributed by atoms with Crippen LogP contribution in [0.3, 0.4) is 0 Å². The van der Waals surface area contributed by atoms with Crippen LogP contribution >= 0.6 is 7.52 Å². The van der Waals surface area contributed by atoms with Crippen molar-refractivity contribution in [2.45, 2.75) is 46.6 Å². The van der Waals surface area contributed by atoms with Crippen LogP contribution in [0.1, 0.15) is 50.9 Å². The van der Waals surface area contributed by atoms with Crippen molar-refractivity contribution in [3.63, 3.8) is 0 Å². The van der Waals surface area contributed by atoms with E-state index >= 15 is 0 Å². The van der Waals surface area contributed by atoms with Crippen LogP contribution < -0.4 is 14.8 Å². The van der Waals surface area contributed by atoms with E-state index in [1.165, 1.54) is 7.11 Å². The molecule has 0 spiro atoms. The molecule has 1 heterocycles. The smallest absolute Gasteiger partial charge is 0.269 e. The molecular formula is C26H41N2O5P. The average molecular weight is 493 g/mol. The van der Waals surface area contributed by atoms with Crippen molar-refractivity contribution in [2.75, 3.05) is 41.1 Å². The van der Waals surface area contributed by atoms with Gasteiger partial charge < -0.3 is 19.3 Å². The minimum absolute atomic E-state index is 0.0422. The lowest BCUT2D eigenvalue weighted by molar-refractivity contribution is 0.0922. The molecule has 1 unspecified atom stereocenters. The standard InChI is InChI=1S/C22H29N2O5P.2C2H6/c1-27-20-10-6-9-19(21(20)28-2)16-7-5-8-17(15-16)22(25)23-18-11-13-24(14-12-18)30(4,26)29-3;2*1-2/h5-10,15,18H,11-14H2,1-4H3,(H,23,25);2*1-2H3. The molecule has 1 aliphatic rings. The van der Waals surface area contributed by atoms with E-state index in [-0.39, 0.29) is 11.9 Å². The fraction of sp³-hybridized carbons (Fsp3) is 0.500. The number of amides is 1. The van der Waals surface area contributed by atoms with Gasteiger partial charge in [0.25, 0.3) is 13.4 Å². The van der Waals surface area contributed by atoms with Crippen LogP contribution in [0.2, 0.25) is 0 Å². The fourth-order valence-electron chi connectivity index (χ4n) is 3.70. The van der Waals surface area contributed by atoms with E-state index in [2.05, 4.69) is 5.32 Å². The summed E-state index contributed by atoms with van der Waals surface area (Å²) in [6.07, 6.45) is 1.46. The zero-order valence-electron chi connectivity index (χ0n) is 21.9. The highest BCUT2D eigenvalue weighted by Gasteiger charge is 2.30. The zero-order valence-corrected chi connectivity index (χ0v) is 22.8. The van der Waals surface area contributed by atoms with Crippen LogP contribution in [0.15, 0.2) is 42.5 Å². The van der Waals surface area contributed by atoms with Crippen LogP contribution in [0, 0.1) is 0 Å². The first-order chi connectivity index (χ1) is 16.4. The summed E-state index contributed by atoms with van der Waals surface area (Å²) in [5.74, 6) is 1.15. The number of methoxy groups -OCH3 is 2. The maximum atomic E-state index is 12.8. The number of rotatable bonds is 7. The van der Waals surface area contributed by atoms with Crippen LogP contribution in [-0.4, -0.2) is 57.7 Å². The molecule has 1 fully saturated rings. The van der Waals surface area contributed by atoms with Gasteiger partial charge in [-0.3, -0.25) is 9.36 Å². The van der Waals surface area contributed by atoms with E-state index in [0.29, 0.717) is 30.2 Å². The molecule has 1 amide bonds. The molecular weight excluding hydrogens is 451 g/mol. The molecule has 0 bridgehead atoms. The second-order valence-corrected chi connectivity index (χ2v) is 9.85. The van der Waals surface area contributed by atoms with Gasteiger partial charge in [-0.2, -0.15) is 0 Å².